The fourth-order valence-corrected chi connectivity index (χ4v) is 2.83. The Morgan fingerprint density at radius 2 is 2.13 bits per heavy atom. The SMILES string of the molecule is Cc1csc2cc(NS(N)(=O)=O)ccc12. The predicted octanol–water partition coefficient (Wildman–Crippen LogP) is 1.83. The number of benzene rings is 1. The Balaban J connectivity index is 2.48. The summed E-state index contributed by atoms with van der Waals surface area (Å²) < 4.78 is 24.9. The van der Waals surface area contributed by atoms with Gasteiger partial charge in [0.15, 0.2) is 0 Å². The van der Waals surface area contributed by atoms with Crippen LogP contribution in [0, 0.1) is 6.92 Å². The molecule has 2 rings (SSSR count). The minimum Gasteiger partial charge on any atom is -0.271 e. The van der Waals surface area contributed by atoms with Crippen molar-refractivity contribution in [2.45, 2.75) is 6.92 Å². The minimum atomic E-state index is -3.68. The number of hydrogen-bond donors (Lipinski definition) is 2. The van der Waals surface area contributed by atoms with Gasteiger partial charge in [-0.2, -0.15) is 8.42 Å². The van der Waals surface area contributed by atoms with E-state index in [2.05, 4.69) is 4.72 Å². The highest BCUT2D eigenvalue weighted by Gasteiger charge is 2.05. The third-order valence-electron chi connectivity index (χ3n) is 2.03. The molecule has 0 radical (unpaired) electrons. The molecule has 0 saturated heterocycles. The molecule has 0 fully saturated rings. The second-order valence-corrected chi connectivity index (χ2v) is 5.48. The Bertz CT molecular complexity index is 602. The second-order valence-electron chi connectivity index (χ2n) is 3.28. The molecule has 6 heteroatoms. The standard InChI is InChI=1S/C9H10N2O2S2/c1-6-5-14-9-4-7(2-3-8(6)9)11-15(10,12)13/h2-5,11H,1H3,(H2,10,12,13). The topological polar surface area (TPSA) is 72.2 Å². The highest BCUT2D eigenvalue weighted by molar-refractivity contribution is 7.90. The number of nitrogens with two attached hydrogens (primary N) is 1. The van der Waals surface area contributed by atoms with Crippen LogP contribution in [0.5, 0.6) is 0 Å². The molecule has 1 heterocycles. The van der Waals surface area contributed by atoms with Gasteiger partial charge in [0, 0.05) is 4.70 Å². The molecule has 0 bridgehead atoms. The van der Waals surface area contributed by atoms with Gasteiger partial charge in [0.1, 0.15) is 0 Å². The van der Waals surface area contributed by atoms with Gasteiger partial charge in [-0.1, -0.05) is 6.07 Å². The zero-order valence-electron chi connectivity index (χ0n) is 8.02. The molecule has 0 atom stereocenters. The summed E-state index contributed by atoms with van der Waals surface area (Å²) in [6.45, 7) is 2.02. The van der Waals surface area contributed by atoms with Crippen LogP contribution in [0.1, 0.15) is 5.56 Å². The Hall–Kier alpha value is -1.11. The Kier molecular flexibility index (Phi) is 2.41. The highest BCUT2D eigenvalue weighted by Crippen LogP contribution is 2.28. The van der Waals surface area contributed by atoms with Crippen molar-refractivity contribution in [2.75, 3.05) is 4.72 Å². The van der Waals surface area contributed by atoms with Crippen molar-refractivity contribution in [1.82, 2.24) is 0 Å². The fourth-order valence-electron chi connectivity index (χ4n) is 1.39. The summed E-state index contributed by atoms with van der Waals surface area (Å²) in [5, 5.41) is 8.05. The van der Waals surface area contributed by atoms with Crippen LogP contribution in [0.2, 0.25) is 0 Å². The number of thiophene rings is 1. The lowest BCUT2D eigenvalue weighted by Gasteiger charge is -2.02. The molecule has 0 amide bonds. The van der Waals surface area contributed by atoms with Gasteiger partial charge in [-0.25, -0.2) is 5.14 Å². The zero-order chi connectivity index (χ0) is 11.1. The molecular formula is C9H10N2O2S2. The Labute approximate surface area is 91.9 Å². The van der Waals surface area contributed by atoms with E-state index >= 15 is 0 Å². The van der Waals surface area contributed by atoms with Crippen molar-refractivity contribution in [3.8, 4) is 0 Å². The summed E-state index contributed by atoms with van der Waals surface area (Å²) in [5.41, 5.74) is 1.68. The average Bonchev–Trinajstić information content (AvgIpc) is 2.45. The summed E-state index contributed by atoms with van der Waals surface area (Å²) in [6, 6.07) is 5.36. The van der Waals surface area contributed by atoms with Crippen molar-refractivity contribution >= 4 is 37.3 Å². The third kappa shape index (κ3) is 2.28. The van der Waals surface area contributed by atoms with E-state index in [1.54, 1.807) is 23.5 Å². The molecule has 0 spiro atoms. The molecule has 15 heavy (non-hydrogen) atoms. The average molecular weight is 242 g/mol. The van der Waals surface area contributed by atoms with Gasteiger partial charge in [0.05, 0.1) is 5.69 Å². The monoisotopic (exact) mass is 242 g/mol. The molecule has 3 N–H and O–H groups in total. The number of aryl methyl sites for hydroxylation is 1. The lowest BCUT2D eigenvalue weighted by Crippen LogP contribution is -2.21. The van der Waals surface area contributed by atoms with Crippen LogP contribution < -0.4 is 9.86 Å². The van der Waals surface area contributed by atoms with Gasteiger partial charge in [0.25, 0.3) is 10.2 Å². The first-order valence-electron chi connectivity index (χ1n) is 4.24. The van der Waals surface area contributed by atoms with E-state index in [4.69, 9.17) is 5.14 Å². The normalized spacial score (nSPS) is 11.9. The molecule has 0 aliphatic carbocycles. The number of hydrogen-bond acceptors (Lipinski definition) is 3. The number of nitrogens with one attached hydrogen (secondary N) is 1. The highest BCUT2D eigenvalue weighted by atomic mass is 32.2. The fraction of sp³-hybridized carbons (Fsp3) is 0.111. The van der Waals surface area contributed by atoms with E-state index < -0.39 is 10.2 Å². The maximum atomic E-state index is 10.8. The van der Waals surface area contributed by atoms with Crippen LogP contribution in [-0.4, -0.2) is 8.42 Å². The Morgan fingerprint density at radius 1 is 1.40 bits per heavy atom. The van der Waals surface area contributed by atoms with Gasteiger partial charge in [-0.15, -0.1) is 11.3 Å². The molecule has 0 aliphatic heterocycles. The number of anilines is 1. The van der Waals surface area contributed by atoms with E-state index in [9.17, 15) is 8.42 Å². The van der Waals surface area contributed by atoms with E-state index in [0.29, 0.717) is 5.69 Å². The van der Waals surface area contributed by atoms with E-state index in [1.165, 1.54) is 5.56 Å². The van der Waals surface area contributed by atoms with Gasteiger partial charge in [0.2, 0.25) is 0 Å². The zero-order valence-corrected chi connectivity index (χ0v) is 9.65. The molecule has 0 unspecified atom stereocenters. The molecule has 80 valence electrons. The van der Waals surface area contributed by atoms with E-state index in [1.807, 2.05) is 18.4 Å². The number of rotatable bonds is 2. The van der Waals surface area contributed by atoms with Gasteiger partial charge in [-0.3, -0.25) is 4.72 Å². The van der Waals surface area contributed by atoms with Crippen molar-refractivity contribution in [1.29, 1.82) is 0 Å². The smallest absolute Gasteiger partial charge is 0.271 e. The van der Waals surface area contributed by atoms with E-state index in [-0.39, 0.29) is 0 Å². The molecule has 0 saturated carbocycles. The van der Waals surface area contributed by atoms with Crippen molar-refractivity contribution < 1.29 is 8.42 Å². The molecule has 1 aromatic carbocycles. The van der Waals surface area contributed by atoms with Crippen molar-refractivity contribution in [2.24, 2.45) is 5.14 Å². The predicted molar refractivity (Wildman–Crippen MR) is 63.3 cm³/mol. The molecule has 1 aromatic heterocycles. The van der Waals surface area contributed by atoms with Crippen LogP contribution in [-0.2, 0) is 10.2 Å². The van der Waals surface area contributed by atoms with Crippen LogP contribution in [0.3, 0.4) is 0 Å². The van der Waals surface area contributed by atoms with Crippen LogP contribution in [0.4, 0.5) is 5.69 Å². The first-order chi connectivity index (χ1) is 6.96. The van der Waals surface area contributed by atoms with Gasteiger partial charge in [-0.05, 0) is 35.4 Å². The first-order valence-corrected chi connectivity index (χ1v) is 6.67. The van der Waals surface area contributed by atoms with Gasteiger partial charge >= 0.3 is 0 Å². The van der Waals surface area contributed by atoms with Crippen LogP contribution in [0.25, 0.3) is 10.1 Å². The van der Waals surface area contributed by atoms with Crippen LogP contribution in [0.15, 0.2) is 23.6 Å². The molecular weight excluding hydrogens is 232 g/mol. The summed E-state index contributed by atoms with van der Waals surface area (Å²) in [5.74, 6) is 0. The molecule has 4 nitrogen and oxygen atoms in total. The third-order valence-corrected chi connectivity index (χ3v) is 3.61. The summed E-state index contributed by atoms with van der Waals surface area (Å²) in [6.07, 6.45) is 0. The lowest BCUT2D eigenvalue weighted by atomic mass is 10.2. The summed E-state index contributed by atoms with van der Waals surface area (Å²) in [4.78, 5) is 0. The number of fused-ring (bicyclic) bond motifs is 1. The van der Waals surface area contributed by atoms with E-state index in [0.717, 1.165) is 10.1 Å². The maximum absolute atomic E-state index is 10.8. The summed E-state index contributed by atoms with van der Waals surface area (Å²) in [7, 11) is -3.68. The maximum Gasteiger partial charge on any atom is 0.296 e. The lowest BCUT2D eigenvalue weighted by molar-refractivity contribution is 0.603. The molecule has 2 aromatic rings. The van der Waals surface area contributed by atoms with Crippen LogP contribution >= 0.6 is 11.3 Å². The summed E-state index contributed by atoms with van der Waals surface area (Å²) >= 11 is 1.58. The quantitative estimate of drug-likeness (QED) is 0.843. The largest absolute Gasteiger partial charge is 0.296 e. The first kappa shape index (κ1) is 10.4. The minimum absolute atomic E-state index is 0.492. The molecule has 0 aliphatic rings. The van der Waals surface area contributed by atoms with Crippen molar-refractivity contribution in [3.05, 3.63) is 29.1 Å². The van der Waals surface area contributed by atoms with Crippen molar-refractivity contribution in [3.63, 3.8) is 0 Å². The second kappa shape index (κ2) is 3.48. The van der Waals surface area contributed by atoms with Gasteiger partial charge < -0.3 is 0 Å². The Morgan fingerprint density at radius 3 is 2.80 bits per heavy atom.